The predicted molar refractivity (Wildman–Crippen MR) is 96.9 cm³/mol. The lowest BCUT2D eigenvalue weighted by Crippen LogP contribution is -2.43. The summed E-state index contributed by atoms with van der Waals surface area (Å²) in [4.78, 5) is 23.3. The molecule has 10 heteroatoms. The Hall–Kier alpha value is -2.62. The normalized spacial score (nSPS) is 12.9. The molecule has 1 aromatic carbocycles. The van der Waals surface area contributed by atoms with Crippen molar-refractivity contribution in [1.82, 2.24) is 20.8 Å². The monoisotopic (exact) mass is 396 g/mol. The van der Waals surface area contributed by atoms with E-state index in [1.165, 1.54) is 12.1 Å². The van der Waals surface area contributed by atoms with Crippen molar-refractivity contribution in [2.45, 2.75) is 44.6 Å². The Morgan fingerprint density at radius 3 is 2.74 bits per heavy atom. The minimum absolute atomic E-state index is 0.0279. The third-order valence-electron chi connectivity index (χ3n) is 3.48. The van der Waals surface area contributed by atoms with E-state index in [0.717, 1.165) is 18.2 Å². The second-order valence-corrected chi connectivity index (χ2v) is 6.64. The molecule has 0 radical (unpaired) electrons. The van der Waals surface area contributed by atoms with Crippen molar-refractivity contribution in [3.05, 3.63) is 36.0 Å². The molecule has 8 nitrogen and oxygen atoms in total. The summed E-state index contributed by atoms with van der Waals surface area (Å²) in [6.45, 7) is 5.40. The van der Waals surface area contributed by atoms with Crippen LogP contribution in [0.2, 0.25) is 0 Å². The molecule has 2 aromatic rings. The Labute approximate surface area is 160 Å². The van der Waals surface area contributed by atoms with E-state index < -0.39 is 23.9 Å². The van der Waals surface area contributed by atoms with Gasteiger partial charge in [0.05, 0.1) is 5.75 Å². The maximum absolute atomic E-state index is 13.6. The highest BCUT2D eigenvalue weighted by molar-refractivity contribution is 7.99. The van der Waals surface area contributed by atoms with Gasteiger partial charge in [-0.15, -0.1) is 10.2 Å². The Morgan fingerprint density at radius 1 is 1.30 bits per heavy atom. The lowest BCUT2D eigenvalue weighted by atomic mass is 10.3. The van der Waals surface area contributed by atoms with E-state index in [4.69, 9.17) is 9.15 Å². The molecule has 0 fully saturated rings. The van der Waals surface area contributed by atoms with Gasteiger partial charge in [-0.1, -0.05) is 30.8 Å². The Kier molecular flexibility index (Phi) is 7.59. The molecule has 0 saturated carbocycles. The molecule has 2 N–H and O–H groups in total. The number of nitrogens with one attached hydrogen (secondary N) is 2. The van der Waals surface area contributed by atoms with Gasteiger partial charge in [-0.3, -0.25) is 10.1 Å². The molecule has 0 saturated heterocycles. The Morgan fingerprint density at radius 2 is 2.04 bits per heavy atom. The van der Waals surface area contributed by atoms with E-state index in [9.17, 15) is 14.0 Å². The maximum atomic E-state index is 13.6. The van der Waals surface area contributed by atoms with E-state index in [-0.39, 0.29) is 28.7 Å². The predicted octanol–water partition coefficient (Wildman–Crippen LogP) is 3.07. The summed E-state index contributed by atoms with van der Waals surface area (Å²) < 4.78 is 24.5. The van der Waals surface area contributed by atoms with Gasteiger partial charge >= 0.3 is 6.03 Å². The third kappa shape index (κ3) is 6.55. The largest absolute Gasteiger partial charge is 0.478 e. The van der Waals surface area contributed by atoms with Gasteiger partial charge < -0.3 is 14.5 Å². The van der Waals surface area contributed by atoms with Crippen molar-refractivity contribution < 1.29 is 23.1 Å². The van der Waals surface area contributed by atoms with E-state index in [1.54, 1.807) is 19.1 Å². The second-order valence-electron chi connectivity index (χ2n) is 5.72. The SMILES string of the molecule is CC[C@H](C)NC(=O)NC(=O)CSc1nnc([C@H](C)Oc2ccccc2F)o1. The van der Waals surface area contributed by atoms with Gasteiger partial charge in [0, 0.05) is 6.04 Å². The van der Waals surface area contributed by atoms with E-state index >= 15 is 0 Å². The lowest BCUT2D eigenvalue weighted by Gasteiger charge is -2.11. The number of thioether (sulfide) groups is 1. The minimum atomic E-state index is -0.668. The van der Waals surface area contributed by atoms with Crippen LogP contribution in [0.4, 0.5) is 9.18 Å². The zero-order valence-electron chi connectivity index (χ0n) is 15.2. The standard InChI is InChI=1S/C17H21FN4O4S/c1-4-10(2)19-16(24)20-14(23)9-27-17-22-21-15(26-17)11(3)25-13-8-6-5-7-12(13)18/h5-8,10-11H,4,9H2,1-3H3,(H2,19,20,23,24)/t10-,11-/m0/s1. The summed E-state index contributed by atoms with van der Waals surface area (Å²) in [7, 11) is 0. The number of aromatic nitrogens is 2. The number of ether oxygens (including phenoxy) is 1. The molecule has 2 rings (SSSR count). The van der Waals surface area contributed by atoms with Gasteiger partial charge in [0.2, 0.25) is 5.91 Å². The number of para-hydroxylation sites is 1. The number of imide groups is 1. The summed E-state index contributed by atoms with van der Waals surface area (Å²) in [5.74, 6) is -0.834. The van der Waals surface area contributed by atoms with Crippen molar-refractivity contribution in [3.63, 3.8) is 0 Å². The van der Waals surface area contributed by atoms with Crippen molar-refractivity contribution in [3.8, 4) is 5.75 Å². The molecule has 27 heavy (non-hydrogen) atoms. The highest BCUT2D eigenvalue weighted by atomic mass is 32.2. The van der Waals surface area contributed by atoms with Gasteiger partial charge in [-0.2, -0.15) is 0 Å². The first-order valence-corrected chi connectivity index (χ1v) is 9.35. The van der Waals surface area contributed by atoms with Crippen LogP contribution in [0.1, 0.15) is 39.2 Å². The first-order valence-electron chi connectivity index (χ1n) is 8.36. The molecule has 146 valence electrons. The van der Waals surface area contributed by atoms with Crippen molar-refractivity contribution >= 4 is 23.7 Å². The number of carbonyl (C=O) groups is 2. The van der Waals surface area contributed by atoms with Crippen molar-refractivity contribution in [2.24, 2.45) is 0 Å². The average Bonchev–Trinajstić information content (AvgIpc) is 3.11. The molecule has 0 aliphatic carbocycles. The van der Waals surface area contributed by atoms with Crippen LogP contribution in [0.25, 0.3) is 0 Å². The number of nitrogens with zero attached hydrogens (tertiary/aromatic N) is 2. The second kappa shape index (κ2) is 9.91. The highest BCUT2D eigenvalue weighted by Crippen LogP contribution is 2.25. The molecule has 1 aromatic heterocycles. The third-order valence-corrected chi connectivity index (χ3v) is 4.30. The zero-order chi connectivity index (χ0) is 19.8. The summed E-state index contributed by atoms with van der Waals surface area (Å²) >= 11 is 0.981. The fraction of sp³-hybridized carbons (Fsp3) is 0.412. The average molecular weight is 396 g/mol. The van der Waals surface area contributed by atoms with E-state index in [0.29, 0.717) is 0 Å². The first kappa shape index (κ1) is 20.7. The van der Waals surface area contributed by atoms with Crippen LogP contribution in [-0.4, -0.2) is 33.9 Å². The Bertz CT molecular complexity index is 786. The van der Waals surface area contributed by atoms with Crippen molar-refractivity contribution in [2.75, 3.05) is 5.75 Å². The van der Waals surface area contributed by atoms with Gasteiger partial charge in [-0.25, -0.2) is 9.18 Å². The van der Waals surface area contributed by atoms with Crippen LogP contribution in [0, 0.1) is 5.82 Å². The molecule has 0 bridgehead atoms. The van der Waals surface area contributed by atoms with Gasteiger partial charge in [0.15, 0.2) is 17.7 Å². The van der Waals surface area contributed by atoms with Crippen LogP contribution in [0.3, 0.4) is 0 Å². The smallest absolute Gasteiger partial charge is 0.321 e. The molecular weight excluding hydrogens is 375 g/mol. The summed E-state index contributed by atoms with van der Waals surface area (Å²) in [6.07, 6.45) is 0.0905. The number of carbonyl (C=O) groups excluding carboxylic acids is 2. The highest BCUT2D eigenvalue weighted by Gasteiger charge is 2.18. The van der Waals surface area contributed by atoms with Crippen LogP contribution in [-0.2, 0) is 4.79 Å². The van der Waals surface area contributed by atoms with E-state index in [2.05, 4.69) is 20.8 Å². The molecule has 2 atom stereocenters. The van der Waals surface area contributed by atoms with Crippen LogP contribution < -0.4 is 15.4 Å². The number of hydrogen-bond donors (Lipinski definition) is 2. The van der Waals surface area contributed by atoms with E-state index in [1.807, 2.05) is 13.8 Å². The zero-order valence-corrected chi connectivity index (χ0v) is 16.0. The summed E-state index contributed by atoms with van der Waals surface area (Å²) in [5.41, 5.74) is 0. The number of halogens is 1. The van der Waals surface area contributed by atoms with Gasteiger partial charge in [0.25, 0.3) is 11.1 Å². The van der Waals surface area contributed by atoms with Crippen LogP contribution in [0.15, 0.2) is 33.9 Å². The number of hydrogen-bond acceptors (Lipinski definition) is 7. The first-order chi connectivity index (χ1) is 12.9. The van der Waals surface area contributed by atoms with Gasteiger partial charge in [-0.05, 0) is 32.4 Å². The molecule has 0 aliphatic rings. The van der Waals surface area contributed by atoms with Crippen LogP contribution in [0.5, 0.6) is 5.75 Å². The fourth-order valence-corrected chi connectivity index (χ4v) is 2.45. The van der Waals surface area contributed by atoms with Crippen molar-refractivity contribution in [1.29, 1.82) is 0 Å². The molecule has 0 spiro atoms. The lowest BCUT2D eigenvalue weighted by molar-refractivity contribution is -0.117. The summed E-state index contributed by atoms with van der Waals surface area (Å²) in [5, 5.41) is 12.6. The fourth-order valence-electron chi connectivity index (χ4n) is 1.88. The van der Waals surface area contributed by atoms with Gasteiger partial charge in [0.1, 0.15) is 0 Å². The number of urea groups is 1. The number of benzene rings is 1. The number of amides is 3. The quantitative estimate of drug-likeness (QED) is 0.661. The topological polar surface area (TPSA) is 106 Å². The Balaban J connectivity index is 1.82. The molecular formula is C17H21FN4O4S. The number of rotatable bonds is 8. The van der Waals surface area contributed by atoms with Crippen LogP contribution >= 0.6 is 11.8 Å². The maximum Gasteiger partial charge on any atom is 0.321 e. The molecule has 0 aliphatic heterocycles. The minimum Gasteiger partial charge on any atom is -0.478 e. The summed E-state index contributed by atoms with van der Waals surface area (Å²) in [6, 6.07) is 5.41. The molecule has 3 amide bonds. The molecule has 1 heterocycles. The molecule has 0 unspecified atom stereocenters.